The van der Waals surface area contributed by atoms with E-state index in [1.807, 2.05) is 22.6 Å². The monoisotopic (exact) mass is 372 g/mol. The second-order valence-corrected chi connectivity index (χ2v) is 5.06. The van der Waals surface area contributed by atoms with Gasteiger partial charge in [-0.3, -0.25) is 4.79 Å². The molecule has 0 spiro atoms. The van der Waals surface area contributed by atoms with Gasteiger partial charge in [-0.2, -0.15) is 5.26 Å². The SMILES string of the molecule is Cc1cc(-c2c(I)ccc(F)c2F)c(C#N)c(=O)[nH]1. The molecule has 0 saturated heterocycles. The number of aromatic nitrogens is 1. The Balaban J connectivity index is 2.92. The average Bonchev–Trinajstić information content (AvgIpc) is 2.34. The molecule has 0 aliphatic carbocycles. The van der Waals surface area contributed by atoms with E-state index in [1.165, 1.54) is 12.1 Å². The summed E-state index contributed by atoms with van der Waals surface area (Å²) in [6.45, 7) is 1.61. The first-order valence-corrected chi connectivity index (χ1v) is 6.31. The van der Waals surface area contributed by atoms with Crippen LogP contribution in [0.1, 0.15) is 11.3 Å². The van der Waals surface area contributed by atoms with E-state index in [2.05, 4.69) is 4.98 Å². The van der Waals surface area contributed by atoms with Gasteiger partial charge in [0.25, 0.3) is 5.56 Å². The van der Waals surface area contributed by atoms with Gasteiger partial charge in [0.05, 0.1) is 0 Å². The van der Waals surface area contributed by atoms with E-state index in [0.29, 0.717) is 9.26 Å². The van der Waals surface area contributed by atoms with Crippen molar-refractivity contribution in [2.75, 3.05) is 0 Å². The minimum Gasteiger partial charge on any atom is -0.325 e. The maximum atomic E-state index is 13.9. The van der Waals surface area contributed by atoms with E-state index in [-0.39, 0.29) is 16.7 Å². The Kier molecular flexibility index (Phi) is 3.66. The lowest BCUT2D eigenvalue weighted by atomic mass is 10.0. The summed E-state index contributed by atoms with van der Waals surface area (Å²) >= 11 is 1.83. The largest absolute Gasteiger partial charge is 0.325 e. The highest BCUT2D eigenvalue weighted by Gasteiger charge is 2.19. The standard InChI is InChI=1S/C13H7F2IN2O/c1-6-4-7(8(5-17)13(19)18-6)11-10(16)3-2-9(14)12(11)15/h2-4H,1H3,(H,18,19). The van der Waals surface area contributed by atoms with Gasteiger partial charge in [0, 0.05) is 20.4 Å². The number of nitrogens with zero attached hydrogens (tertiary/aromatic N) is 1. The minimum absolute atomic E-state index is 0.0636. The second kappa shape index (κ2) is 5.09. The number of aryl methyl sites for hydroxylation is 1. The third-order valence-corrected chi connectivity index (χ3v) is 3.49. The fraction of sp³-hybridized carbons (Fsp3) is 0.0769. The van der Waals surface area contributed by atoms with Gasteiger partial charge in [0.2, 0.25) is 0 Å². The van der Waals surface area contributed by atoms with Gasteiger partial charge in [-0.15, -0.1) is 0 Å². The van der Waals surface area contributed by atoms with Crippen molar-refractivity contribution in [3.63, 3.8) is 0 Å². The summed E-state index contributed by atoms with van der Waals surface area (Å²) in [7, 11) is 0. The molecule has 0 atom stereocenters. The number of benzene rings is 1. The van der Waals surface area contributed by atoms with Crippen LogP contribution >= 0.6 is 22.6 Å². The number of hydrogen-bond acceptors (Lipinski definition) is 2. The van der Waals surface area contributed by atoms with Crippen LogP contribution in [0, 0.1) is 33.5 Å². The normalized spacial score (nSPS) is 10.3. The molecule has 1 aromatic carbocycles. The van der Waals surface area contributed by atoms with Crippen LogP contribution in [-0.4, -0.2) is 4.98 Å². The van der Waals surface area contributed by atoms with Crippen LogP contribution < -0.4 is 5.56 Å². The molecule has 0 fully saturated rings. The van der Waals surface area contributed by atoms with Gasteiger partial charge in [-0.05, 0) is 47.7 Å². The summed E-state index contributed by atoms with van der Waals surface area (Å²) in [6.07, 6.45) is 0. The fourth-order valence-electron chi connectivity index (χ4n) is 1.77. The molecule has 6 heteroatoms. The summed E-state index contributed by atoms with van der Waals surface area (Å²) in [5, 5.41) is 9.01. The molecule has 0 unspecified atom stereocenters. The van der Waals surface area contributed by atoms with Crippen molar-refractivity contribution in [1.82, 2.24) is 4.98 Å². The molecule has 1 heterocycles. The first-order chi connectivity index (χ1) is 8.95. The van der Waals surface area contributed by atoms with E-state index in [1.54, 1.807) is 13.0 Å². The minimum atomic E-state index is -1.06. The molecule has 0 radical (unpaired) electrons. The number of aromatic amines is 1. The van der Waals surface area contributed by atoms with Crippen molar-refractivity contribution in [3.05, 3.63) is 55.0 Å². The third-order valence-electron chi connectivity index (χ3n) is 2.59. The topological polar surface area (TPSA) is 56.6 Å². The van der Waals surface area contributed by atoms with E-state index in [9.17, 15) is 13.6 Å². The van der Waals surface area contributed by atoms with E-state index in [0.717, 1.165) is 6.07 Å². The summed E-state index contributed by atoms with van der Waals surface area (Å²) in [4.78, 5) is 14.1. The van der Waals surface area contributed by atoms with Crippen LogP contribution in [0.5, 0.6) is 0 Å². The summed E-state index contributed by atoms with van der Waals surface area (Å²) < 4.78 is 27.7. The molecule has 0 saturated carbocycles. The van der Waals surface area contributed by atoms with Gasteiger partial charge in [-0.25, -0.2) is 8.78 Å². The molecule has 96 valence electrons. The quantitative estimate of drug-likeness (QED) is 0.618. The van der Waals surface area contributed by atoms with Gasteiger partial charge in [0.1, 0.15) is 11.6 Å². The lowest BCUT2D eigenvalue weighted by Gasteiger charge is -2.09. The smallest absolute Gasteiger partial charge is 0.266 e. The van der Waals surface area contributed by atoms with E-state index < -0.39 is 17.2 Å². The number of pyridine rings is 1. The Morgan fingerprint density at radius 3 is 2.68 bits per heavy atom. The molecule has 0 aliphatic rings. The van der Waals surface area contributed by atoms with Crippen LogP contribution in [-0.2, 0) is 0 Å². The van der Waals surface area contributed by atoms with Crippen molar-refractivity contribution in [2.45, 2.75) is 6.92 Å². The van der Waals surface area contributed by atoms with Gasteiger partial charge in [0.15, 0.2) is 11.6 Å². The average molecular weight is 372 g/mol. The van der Waals surface area contributed by atoms with E-state index >= 15 is 0 Å². The Morgan fingerprint density at radius 1 is 1.37 bits per heavy atom. The maximum Gasteiger partial charge on any atom is 0.266 e. The van der Waals surface area contributed by atoms with Gasteiger partial charge in [-0.1, -0.05) is 0 Å². The lowest BCUT2D eigenvalue weighted by molar-refractivity contribution is 0.510. The molecule has 2 aromatic rings. The number of nitriles is 1. The molecular weight excluding hydrogens is 365 g/mol. The highest BCUT2D eigenvalue weighted by molar-refractivity contribution is 14.1. The number of nitrogens with one attached hydrogen (secondary N) is 1. The van der Waals surface area contributed by atoms with Crippen LogP contribution in [0.25, 0.3) is 11.1 Å². The first-order valence-electron chi connectivity index (χ1n) is 5.23. The van der Waals surface area contributed by atoms with Crippen molar-refractivity contribution in [3.8, 4) is 17.2 Å². The van der Waals surface area contributed by atoms with Crippen molar-refractivity contribution in [2.24, 2.45) is 0 Å². The summed E-state index contributed by atoms with van der Waals surface area (Å²) in [6, 6.07) is 5.59. The summed E-state index contributed by atoms with van der Waals surface area (Å²) in [5.41, 5.74) is -0.333. The van der Waals surface area contributed by atoms with Crippen molar-refractivity contribution < 1.29 is 8.78 Å². The summed E-state index contributed by atoms with van der Waals surface area (Å²) in [5.74, 6) is -2.08. The molecular formula is C13H7F2IN2O. The maximum absolute atomic E-state index is 13.9. The highest BCUT2D eigenvalue weighted by Crippen LogP contribution is 2.31. The van der Waals surface area contributed by atoms with Crippen molar-refractivity contribution in [1.29, 1.82) is 5.26 Å². The molecule has 0 aliphatic heterocycles. The van der Waals surface area contributed by atoms with Crippen LogP contribution in [0.15, 0.2) is 23.0 Å². The number of H-pyrrole nitrogens is 1. The zero-order valence-electron chi connectivity index (χ0n) is 9.72. The second-order valence-electron chi connectivity index (χ2n) is 3.90. The third kappa shape index (κ3) is 2.38. The predicted octanol–water partition coefficient (Wildman–Crippen LogP) is 3.10. The zero-order valence-corrected chi connectivity index (χ0v) is 11.9. The molecule has 3 nitrogen and oxygen atoms in total. The van der Waals surface area contributed by atoms with Crippen LogP contribution in [0.2, 0.25) is 0 Å². The number of halogens is 3. The number of hydrogen-bond donors (Lipinski definition) is 1. The molecule has 19 heavy (non-hydrogen) atoms. The van der Waals surface area contributed by atoms with Crippen molar-refractivity contribution >= 4 is 22.6 Å². The zero-order chi connectivity index (χ0) is 14.2. The Morgan fingerprint density at radius 2 is 2.05 bits per heavy atom. The van der Waals surface area contributed by atoms with E-state index in [4.69, 9.17) is 5.26 Å². The molecule has 2 rings (SSSR count). The van der Waals surface area contributed by atoms with Gasteiger partial charge >= 0.3 is 0 Å². The van der Waals surface area contributed by atoms with Crippen LogP contribution in [0.3, 0.4) is 0 Å². The predicted molar refractivity (Wildman–Crippen MR) is 74.6 cm³/mol. The Bertz CT molecular complexity index is 762. The Labute approximate surface area is 121 Å². The molecule has 0 amide bonds. The highest BCUT2D eigenvalue weighted by atomic mass is 127. The van der Waals surface area contributed by atoms with Crippen LogP contribution in [0.4, 0.5) is 8.78 Å². The molecule has 1 N–H and O–H groups in total. The first kappa shape index (κ1) is 13.7. The fourth-order valence-corrected chi connectivity index (χ4v) is 2.48. The lowest BCUT2D eigenvalue weighted by Crippen LogP contribution is -2.13. The van der Waals surface area contributed by atoms with Gasteiger partial charge < -0.3 is 4.98 Å². The number of rotatable bonds is 1. The molecule has 1 aromatic heterocycles. The Hall–Kier alpha value is -1.75. The molecule has 0 bridgehead atoms.